The summed E-state index contributed by atoms with van der Waals surface area (Å²) in [6.07, 6.45) is 3.46. The average Bonchev–Trinajstić information content (AvgIpc) is 2.73. The van der Waals surface area contributed by atoms with Crippen molar-refractivity contribution in [2.24, 2.45) is 0 Å². The van der Waals surface area contributed by atoms with Crippen LogP contribution in [0, 0.1) is 0 Å². The summed E-state index contributed by atoms with van der Waals surface area (Å²) in [6.45, 7) is 5.76. The van der Waals surface area contributed by atoms with E-state index in [0.29, 0.717) is 11.3 Å². The first-order valence-electron chi connectivity index (χ1n) is 10.2. The molecular weight excluding hydrogens is 366 g/mol. The molecule has 3 rings (SSSR count). The molecule has 0 aromatic heterocycles. The zero-order valence-corrected chi connectivity index (χ0v) is 17.1. The largest absolute Gasteiger partial charge is 0.491 e. The van der Waals surface area contributed by atoms with Gasteiger partial charge in [-0.3, -0.25) is 9.59 Å². The predicted octanol–water partition coefficient (Wildman–Crippen LogP) is 4.15. The van der Waals surface area contributed by atoms with Gasteiger partial charge >= 0.3 is 0 Å². The van der Waals surface area contributed by atoms with Gasteiger partial charge < -0.3 is 20.3 Å². The Bertz CT molecular complexity index is 810. The number of anilines is 2. The molecule has 6 nitrogen and oxygen atoms in total. The molecule has 2 amide bonds. The van der Waals surface area contributed by atoms with Gasteiger partial charge in [-0.2, -0.15) is 0 Å². The molecule has 2 N–H and O–H groups in total. The molecule has 1 heterocycles. The molecule has 0 saturated carbocycles. The zero-order valence-electron chi connectivity index (χ0n) is 17.1. The second-order valence-corrected chi connectivity index (χ2v) is 7.52. The minimum absolute atomic E-state index is 0.0640. The Balaban J connectivity index is 1.47. The van der Waals surface area contributed by atoms with Crippen molar-refractivity contribution < 1.29 is 14.3 Å². The van der Waals surface area contributed by atoms with Crippen molar-refractivity contribution in [3.63, 3.8) is 0 Å². The molecule has 0 bridgehead atoms. The fraction of sp³-hybridized carbons (Fsp3) is 0.391. The van der Waals surface area contributed by atoms with Gasteiger partial charge in [0.25, 0.3) is 5.91 Å². The lowest BCUT2D eigenvalue weighted by molar-refractivity contribution is -0.114. The lowest BCUT2D eigenvalue weighted by atomic mass is 10.1. The van der Waals surface area contributed by atoms with Crippen LogP contribution in [0.3, 0.4) is 0 Å². The van der Waals surface area contributed by atoms with Crippen LogP contribution in [0.15, 0.2) is 48.5 Å². The standard InChI is InChI=1S/C23H29N3O3/c1-17(2)29-21-12-10-19(11-13-21)24-16-22(27)25-20-8-6-18(7-9-20)23(28)26-14-4-3-5-15-26/h6-13,17,24H,3-5,14-16H2,1-2H3,(H,25,27). The third-order valence-electron chi connectivity index (χ3n) is 4.74. The highest BCUT2D eigenvalue weighted by Gasteiger charge is 2.17. The molecule has 0 aliphatic carbocycles. The number of amides is 2. The Hall–Kier alpha value is -3.02. The van der Waals surface area contributed by atoms with Crippen LogP contribution in [0.5, 0.6) is 5.75 Å². The first-order chi connectivity index (χ1) is 14.0. The van der Waals surface area contributed by atoms with Gasteiger partial charge in [-0.25, -0.2) is 0 Å². The van der Waals surface area contributed by atoms with Gasteiger partial charge in [0.05, 0.1) is 12.6 Å². The van der Waals surface area contributed by atoms with Crippen molar-refractivity contribution in [2.75, 3.05) is 30.3 Å². The highest BCUT2D eigenvalue weighted by Crippen LogP contribution is 2.17. The van der Waals surface area contributed by atoms with E-state index in [-0.39, 0.29) is 24.5 Å². The van der Waals surface area contributed by atoms with Gasteiger partial charge in [0.2, 0.25) is 5.91 Å². The number of carbonyl (C=O) groups is 2. The number of hydrogen-bond donors (Lipinski definition) is 2. The number of benzene rings is 2. The summed E-state index contributed by atoms with van der Waals surface area (Å²) in [5.41, 5.74) is 2.18. The van der Waals surface area contributed by atoms with Crippen molar-refractivity contribution in [1.82, 2.24) is 4.90 Å². The Labute approximate surface area is 172 Å². The van der Waals surface area contributed by atoms with E-state index in [1.54, 1.807) is 24.3 Å². The van der Waals surface area contributed by atoms with Crippen LogP contribution in [0.2, 0.25) is 0 Å². The molecule has 2 aromatic rings. The van der Waals surface area contributed by atoms with Crippen LogP contribution in [0.25, 0.3) is 0 Å². The van der Waals surface area contributed by atoms with E-state index >= 15 is 0 Å². The fourth-order valence-electron chi connectivity index (χ4n) is 3.29. The van der Waals surface area contributed by atoms with Crippen LogP contribution >= 0.6 is 0 Å². The Morgan fingerprint density at radius 2 is 1.55 bits per heavy atom. The molecule has 1 aliphatic heterocycles. The SMILES string of the molecule is CC(C)Oc1ccc(NCC(=O)Nc2ccc(C(=O)N3CCCCC3)cc2)cc1. The lowest BCUT2D eigenvalue weighted by Crippen LogP contribution is -2.35. The van der Waals surface area contributed by atoms with Crippen molar-refractivity contribution in [3.05, 3.63) is 54.1 Å². The summed E-state index contributed by atoms with van der Waals surface area (Å²) in [5, 5.41) is 5.93. The van der Waals surface area contributed by atoms with Gasteiger partial charge in [0, 0.05) is 30.0 Å². The van der Waals surface area contributed by atoms with Crippen LogP contribution < -0.4 is 15.4 Å². The maximum atomic E-state index is 12.5. The van der Waals surface area contributed by atoms with Gasteiger partial charge in [-0.05, 0) is 81.6 Å². The summed E-state index contributed by atoms with van der Waals surface area (Å²) in [5.74, 6) is 0.714. The highest BCUT2D eigenvalue weighted by molar-refractivity contribution is 5.96. The Morgan fingerprint density at radius 3 is 2.17 bits per heavy atom. The number of piperidine rings is 1. The normalized spacial score (nSPS) is 13.8. The van der Waals surface area contributed by atoms with E-state index < -0.39 is 0 Å². The Kier molecular flexibility index (Phi) is 7.11. The maximum absolute atomic E-state index is 12.5. The number of rotatable bonds is 7. The third kappa shape index (κ3) is 6.24. The van der Waals surface area contributed by atoms with Crippen molar-refractivity contribution >= 4 is 23.2 Å². The van der Waals surface area contributed by atoms with Crippen molar-refractivity contribution in [1.29, 1.82) is 0 Å². The zero-order chi connectivity index (χ0) is 20.6. The Morgan fingerprint density at radius 1 is 0.931 bits per heavy atom. The number of nitrogens with zero attached hydrogens (tertiary/aromatic N) is 1. The smallest absolute Gasteiger partial charge is 0.253 e. The van der Waals surface area contributed by atoms with Gasteiger partial charge in [-0.15, -0.1) is 0 Å². The second kappa shape index (κ2) is 9.96. The molecule has 154 valence electrons. The average molecular weight is 396 g/mol. The maximum Gasteiger partial charge on any atom is 0.253 e. The molecule has 0 spiro atoms. The summed E-state index contributed by atoms with van der Waals surface area (Å²) in [4.78, 5) is 26.6. The summed E-state index contributed by atoms with van der Waals surface area (Å²) >= 11 is 0. The number of hydrogen-bond acceptors (Lipinski definition) is 4. The van der Waals surface area contributed by atoms with E-state index in [1.807, 2.05) is 43.0 Å². The first-order valence-corrected chi connectivity index (χ1v) is 10.2. The second-order valence-electron chi connectivity index (χ2n) is 7.52. The predicted molar refractivity (Wildman–Crippen MR) is 116 cm³/mol. The molecule has 1 saturated heterocycles. The van der Waals surface area contributed by atoms with Crippen molar-refractivity contribution in [3.8, 4) is 5.75 Å². The highest BCUT2D eigenvalue weighted by atomic mass is 16.5. The van der Waals surface area contributed by atoms with E-state index in [1.165, 1.54) is 6.42 Å². The first kappa shape index (κ1) is 20.7. The number of likely N-dealkylation sites (tertiary alicyclic amines) is 1. The summed E-state index contributed by atoms with van der Waals surface area (Å²) < 4.78 is 5.60. The molecule has 2 aromatic carbocycles. The minimum atomic E-state index is -0.150. The molecule has 0 atom stereocenters. The van der Waals surface area contributed by atoms with Gasteiger partial charge in [-0.1, -0.05) is 0 Å². The van der Waals surface area contributed by atoms with Gasteiger partial charge in [0.15, 0.2) is 0 Å². The number of carbonyl (C=O) groups excluding carboxylic acids is 2. The quantitative estimate of drug-likeness (QED) is 0.739. The van der Waals surface area contributed by atoms with Crippen LogP contribution in [-0.2, 0) is 4.79 Å². The number of ether oxygens (including phenoxy) is 1. The molecule has 0 unspecified atom stereocenters. The molecule has 1 aliphatic rings. The van der Waals surface area contributed by atoms with E-state index in [2.05, 4.69) is 10.6 Å². The molecular formula is C23H29N3O3. The van der Waals surface area contributed by atoms with Crippen LogP contribution in [0.1, 0.15) is 43.5 Å². The van der Waals surface area contributed by atoms with E-state index in [9.17, 15) is 9.59 Å². The van der Waals surface area contributed by atoms with Crippen LogP contribution in [0.4, 0.5) is 11.4 Å². The van der Waals surface area contributed by atoms with Crippen LogP contribution in [-0.4, -0.2) is 42.5 Å². The number of nitrogens with one attached hydrogen (secondary N) is 2. The van der Waals surface area contributed by atoms with E-state index in [0.717, 1.165) is 37.4 Å². The monoisotopic (exact) mass is 395 g/mol. The molecule has 0 radical (unpaired) electrons. The molecule has 6 heteroatoms. The fourth-order valence-corrected chi connectivity index (χ4v) is 3.29. The minimum Gasteiger partial charge on any atom is -0.491 e. The van der Waals surface area contributed by atoms with Crippen molar-refractivity contribution in [2.45, 2.75) is 39.2 Å². The summed E-state index contributed by atoms with van der Waals surface area (Å²) in [6, 6.07) is 14.6. The topological polar surface area (TPSA) is 70.7 Å². The van der Waals surface area contributed by atoms with E-state index in [4.69, 9.17) is 4.74 Å². The third-order valence-corrected chi connectivity index (χ3v) is 4.74. The van der Waals surface area contributed by atoms with Gasteiger partial charge in [0.1, 0.15) is 5.75 Å². The lowest BCUT2D eigenvalue weighted by Gasteiger charge is -2.26. The molecule has 1 fully saturated rings. The summed E-state index contributed by atoms with van der Waals surface area (Å²) in [7, 11) is 0. The molecule has 29 heavy (non-hydrogen) atoms.